The van der Waals surface area contributed by atoms with Gasteiger partial charge in [-0.15, -0.1) is 0 Å². The molecule has 5 nitrogen and oxygen atoms in total. The predicted octanol–water partition coefficient (Wildman–Crippen LogP) is 1.50. The highest BCUT2D eigenvalue weighted by Crippen LogP contribution is 2.28. The molecule has 0 spiro atoms. The first-order valence-electron chi connectivity index (χ1n) is 5.45. The molecule has 1 rings (SSSR count). The summed E-state index contributed by atoms with van der Waals surface area (Å²) in [5.41, 5.74) is 0.400. The second-order valence-corrected chi connectivity index (χ2v) is 4.59. The minimum absolute atomic E-state index is 0.0332. The second kappa shape index (κ2) is 6.72. The normalized spacial score (nSPS) is 14.0. The lowest BCUT2D eigenvalue weighted by atomic mass is 10.0. The Bertz CT molecular complexity index is 421. The smallest absolute Gasteiger partial charge is 0.308 e. The average molecular weight is 319 g/mol. The molecule has 0 aromatic heterocycles. The Morgan fingerprint density at radius 3 is 2.67 bits per heavy atom. The van der Waals surface area contributed by atoms with Gasteiger partial charge in [-0.25, -0.2) is 0 Å². The molecule has 0 bridgehead atoms. The molecule has 1 aromatic carbocycles. The summed E-state index contributed by atoms with van der Waals surface area (Å²) in [4.78, 5) is 11.2. The van der Waals surface area contributed by atoms with Gasteiger partial charge in [0.25, 0.3) is 0 Å². The molecule has 18 heavy (non-hydrogen) atoms. The van der Waals surface area contributed by atoms with Crippen LogP contribution in [0.4, 0.5) is 0 Å². The van der Waals surface area contributed by atoms with Crippen molar-refractivity contribution in [2.45, 2.75) is 25.6 Å². The number of carbonyl (C=O) groups is 1. The summed E-state index contributed by atoms with van der Waals surface area (Å²) >= 11 is 3.10. The summed E-state index contributed by atoms with van der Waals surface area (Å²) in [5, 5.41) is 28.9. The van der Waals surface area contributed by atoms with Crippen LogP contribution in [0.3, 0.4) is 0 Å². The minimum atomic E-state index is -1.25. The number of phenolic OH excluding ortho intramolecular Hbond substituents is 1. The van der Waals surface area contributed by atoms with Gasteiger partial charge >= 0.3 is 5.97 Å². The Kier molecular flexibility index (Phi) is 5.58. The number of halogens is 1. The Morgan fingerprint density at radius 1 is 1.44 bits per heavy atom. The number of rotatable bonds is 5. The molecule has 100 valence electrons. The van der Waals surface area contributed by atoms with Gasteiger partial charge in [-0.1, -0.05) is 6.07 Å². The van der Waals surface area contributed by atoms with Crippen molar-refractivity contribution in [3.63, 3.8) is 0 Å². The van der Waals surface area contributed by atoms with E-state index < -0.39 is 18.2 Å². The van der Waals surface area contributed by atoms with Gasteiger partial charge in [-0.2, -0.15) is 0 Å². The van der Waals surface area contributed by atoms with Crippen LogP contribution in [-0.4, -0.2) is 34.0 Å². The van der Waals surface area contributed by atoms with Gasteiger partial charge in [0.2, 0.25) is 0 Å². The number of phenols is 1. The van der Waals surface area contributed by atoms with Crippen LogP contribution >= 0.6 is 15.9 Å². The fourth-order valence-electron chi connectivity index (χ4n) is 1.43. The summed E-state index contributed by atoms with van der Waals surface area (Å²) in [6.07, 6.45) is -2.75. The number of carbonyl (C=O) groups excluding carboxylic acids is 1. The average Bonchev–Trinajstić information content (AvgIpc) is 2.32. The first-order valence-corrected chi connectivity index (χ1v) is 6.25. The quantitative estimate of drug-likeness (QED) is 0.716. The number of hydrogen-bond acceptors (Lipinski definition) is 5. The molecule has 0 aliphatic heterocycles. The third-order valence-corrected chi connectivity index (χ3v) is 2.99. The molecule has 2 unspecified atom stereocenters. The number of aliphatic hydroxyl groups is 2. The minimum Gasteiger partial charge on any atom is -0.507 e. The summed E-state index contributed by atoms with van der Waals surface area (Å²) in [7, 11) is 0. The zero-order valence-electron chi connectivity index (χ0n) is 9.84. The summed E-state index contributed by atoms with van der Waals surface area (Å²) in [6, 6.07) is 4.34. The molecule has 2 atom stereocenters. The monoisotopic (exact) mass is 318 g/mol. The number of benzene rings is 1. The summed E-state index contributed by atoms with van der Waals surface area (Å²) in [5.74, 6) is -0.535. The van der Waals surface area contributed by atoms with E-state index in [9.17, 15) is 20.1 Å². The van der Waals surface area contributed by atoms with E-state index in [1.807, 2.05) is 0 Å². The number of aromatic hydroxyl groups is 1. The Morgan fingerprint density at radius 2 is 2.11 bits per heavy atom. The van der Waals surface area contributed by atoms with Crippen LogP contribution in [0, 0.1) is 0 Å². The molecule has 0 radical (unpaired) electrons. The lowest BCUT2D eigenvalue weighted by Gasteiger charge is -2.17. The van der Waals surface area contributed by atoms with Crippen LogP contribution in [0.2, 0.25) is 0 Å². The highest BCUT2D eigenvalue weighted by Gasteiger charge is 2.22. The third-order valence-electron chi connectivity index (χ3n) is 2.36. The fourth-order valence-corrected chi connectivity index (χ4v) is 1.83. The van der Waals surface area contributed by atoms with Gasteiger partial charge in [0, 0.05) is 0 Å². The van der Waals surface area contributed by atoms with Gasteiger partial charge < -0.3 is 20.1 Å². The highest BCUT2D eigenvalue weighted by atomic mass is 79.9. The molecule has 3 N–H and O–H groups in total. The van der Waals surface area contributed by atoms with Crippen LogP contribution in [0.1, 0.15) is 25.0 Å². The Labute approximate surface area is 113 Å². The topological polar surface area (TPSA) is 87.0 Å². The maximum absolute atomic E-state index is 11.2. The van der Waals surface area contributed by atoms with Crippen molar-refractivity contribution in [2.75, 3.05) is 6.61 Å². The van der Waals surface area contributed by atoms with E-state index in [1.54, 1.807) is 6.92 Å². The first kappa shape index (κ1) is 14.9. The van der Waals surface area contributed by atoms with Crippen molar-refractivity contribution < 1.29 is 24.9 Å². The van der Waals surface area contributed by atoms with Crippen molar-refractivity contribution in [2.24, 2.45) is 0 Å². The molecular weight excluding hydrogens is 304 g/mol. The molecule has 1 aromatic rings. The molecule has 0 saturated carbocycles. The third kappa shape index (κ3) is 3.97. The van der Waals surface area contributed by atoms with Crippen molar-refractivity contribution >= 4 is 21.9 Å². The zero-order valence-corrected chi connectivity index (χ0v) is 11.4. The van der Waals surface area contributed by atoms with E-state index in [2.05, 4.69) is 20.7 Å². The van der Waals surface area contributed by atoms with E-state index in [-0.39, 0.29) is 18.8 Å². The lowest BCUT2D eigenvalue weighted by molar-refractivity contribution is -0.147. The predicted molar refractivity (Wildman–Crippen MR) is 68.0 cm³/mol. The standard InChI is InChI=1S/C12H15BrO5/c1-2-18-11(16)6-10(15)12(17)7-3-4-9(14)8(13)5-7/h3-5,10,12,14-15,17H,2,6H2,1H3. The maximum atomic E-state index is 11.2. The van der Waals surface area contributed by atoms with E-state index in [4.69, 9.17) is 0 Å². The summed E-state index contributed by atoms with van der Waals surface area (Å²) < 4.78 is 5.09. The highest BCUT2D eigenvalue weighted by molar-refractivity contribution is 9.10. The molecular formula is C12H15BrO5. The van der Waals surface area contributed by atoms with Crippen molar-refractivity contribution in [3.05, 3.63) is 28.2 Å². The molecule has 6 heteroatoms. The van der Waals surface area contributed by atoms with Crippen molar-refractivity contribution in [3.8, 4) is 5.75 Å². The van der Waals surface area contributed by atoms with Crippen LogP contribution in [0.25, 0.3) is 0 Å². The van der Waals surface area contributed by atoms with Gasteiger partial charge in [0.15, 0.2) is 0 Å². The van der Waals surface area contributed by atoms with Crippen molar-refractivity contribution in [1.29, 1.82) is 0 Å². The lowest BCUT2D eigenvalue weighted by Crippen LogP contribution is -2.23. The largest absolute Gasteiger partial charge is 0.507 e. The maximum Gasteiger partial charge on any atom is 0.308 e. The van der Waals surface area contributed by atoms with E-state index in [1.165, 1.54) is 18.2 Å². The van der Waals surface area contributed by atoms with Crippen LogP contribution in [0.5, 0.6) is 5.75 Å². The van der Waals surface area contributed by atoms with Gasteiger partial charge in [0.05, 0.1) is 23.6 Å². The molecule has 0 fully saturated rings. The molecule has 0 saturated heterocycles. The number of ether oxygens (including phenoxy) is 1. The fraction of sp³-hybridized carbons (Fsp3) is 0.417. The molecule has 0 aliphatic rings. The van der Waals surface area contributed by atoms with Gasteiger partial charge in [0.1, 0.15) is 11.9 Å². The SMILES string of the molecule is CCOC(=O)CC(O)C(O)c1ccc(O)c(Br)c1. The first-order chi connectivity index (χ1) is 8.45. The molecule has 0 aliphatic carbocycles. The molecule has 0 heterocycles. The van der Waals surface area contributed by atoms with Crippen molar-refractivity contribution in [1.82, 2.24) is 0 Å². The van der Waals surface area contributed by atoms with Crippen LogP contribution < -0.4 is 0 Å². The van der Waals surface area contributed by atoms with Crippen LogP contribution in [-0.2, 0) is 9.53 Å². The van der Waals surface area contributed by atoms with E-state index in [0.29, 0.717) is 10.0 Å². The number of esters is 1. The van der Waals surface area contributed by atoms with E-state index in [0.717, 1.165) is 0 Å². The van der Waals surface area contributed by atoms with Gasteiger partial charge in [-0.3, -0.25) is 4.79 Å². The van der Waals surface area contributed by atoms with Gasteiger partial charge in [-0.05, 0) is 40.5 Å². The zero-order chi connectivity index (χ0) is 13.7. The number of hydrogen-bond donors (Lipinski definition) is 3. The van der Waals surface area contributed by atoms with E-state index >= 15 is 0 Å². The Hall–Kier alpha value is -1.11. The second-order valence-electron chi connectivity index (χ2n) is 3.73. The Balaban J connectivity index is 2.70. The summed E-state index contributed by atoms with van der Waals surface area (Å²) in [6.45, 7) is 1.89. The number of aliphatic hydroxyl groups excluding tert-OH is 2. The molecule has 0 amide bonds. The van der Waals surface area contributed by atoms with Crippen LogP contribution in [0.15, 0.2) is 22.7 Å².